The maximum absolute atomic E-state index is 12.5. The summed E-state index contributed by atoms with van der Waals surface area (Å²) in [4.78, 5) is 48.1. The molecule has 3 N–H and O–H groups in total. The van der Waals surface area contributed by atoms with E-state index < -0.39 is 29.5 Å². The van der Waals surface area contributed by atoms with Crippen molar-refractivity contribution in [3.8, 4) is 0 Å². The van der Waals surface area contributed by atoms with Gasteiger partial charge in [-0.2, -0.15) is 0 Å². The maximum Gasteiger partial charge on any atom is 0.339 e. The summed E-state index contributed by atoms with van der Waals surface area (Å²) in [5, 5.41) is 15.8. The fraction of sp³-hybridized carbons (Fsp3) is 0.417. The molecule has 2 heterocycles. The fourth-order valence-electron chi connectivity index (χ4n) is 3.74. The maximum atomic E-state index is 12.5. The van der Waals surface area contributed by atoms with Gasteiger partial charge in [0.15, 0.2) is 0 Å². The molecule has 0 saturated heterocycles. The van der Waals surface area contributed by atoms with Crippen molar-refractivity contribution >= 4 is 39.7 Å². The number of carboxylic acids is 1. The minimum atomic E-state index is -1.12. The molecule has 0 aliphatic rings. The van der Waals surface area contributed by atoms with Crippen molar-refractivity contribution in [1.29, 1.82) is 0 Å². The van der Waals surface area contributed by atoms with E-state index in [-0.39, 0.29) is 25.3 Å². The number of carbonyl (C=O) groups excluding carboxylic acids is 2. The lowest BCUT2D eigenvalue weighted by Crippen LogP contribution is -2.48. The summed E-state index contributed by atoms with van der Waals surface area (Å²) < 4.78 is 10.9. The van der Waals surface area contributed by atoms with Crippen molar-refractivity contribution in [3.63, 3.8) is 0 Å². The smallest absolute Gasteiger partial charge is 0.339 e. The number of amides is 2. The molecule has 0 spiro atoms. The van der Waals surface area contributed by atoms with Crippen molar-refractivity contribution in [1.82, 2.24) is 10.6 Å². The summed E-state index contributed by atoms with van der Waals surface area (Å²) >= 11 is 0. The standard InChI is InChI=1S/C24H28N2O7/c1-5-12(2)22(23(29)30)26-21(28)10-25-20(27)7-6-15-14(4)17-8-16-13(3)11-32-18(16)9-19(17)33-24(15)31/h8-9,11-12,22H,5-7,10H2,1-4H3,(H,25,27)(H,26,28)(H,29,30)/t12-,22+/m0/s1. The monoisotopic (exact) mass is 456 g/mol. The largest absolute Gasteiger partial charge is 0.480 e. The molecule has 0 aliphatic carbocycles. The lowest BCUT2D eigenvalue weighted by Gasteiger charge is -2.20. The molecule has 0 radical (unpaired) electrons. The third kappa shape index (κ3) is 5.24. The topological polar surface area (TPSA) is 139 Å². The Hall–Kier alpha value is -3.62. The first-order valence-corrected chi connectivity index (χ1v) is 10.8. The molecule has 0 bridgehead atoms. The summed E-state index contributed by atoms with van der Waals surface area (Å²) in [5.74, 6) is -2.38. The number of rotatable bonds is 9. The Labute approximate surface area is 190 Å². The highest BCUT2D eigenvalue weighted by Crippen LogP contribution is 2.29. The quantitative estimate of drug-likeness (QED) is 0.421. The summed E-state index contributed by atoms with van der Waals surface area (Å²) in [7, 11) is 0. The zero-order valence-electron chi connectivity index (χ0n) is 19.1. The summed E-state index contributed by atoms with van der Waals surface area (Å²) in [5.41, 5.74) is 2.61. The van der Waals surface area contributed by atoms with Gasteiger partial charge in [-0.05, 0) is 43.4 Å². The number of fused-ring (bicyclic) bond motifs is 2. The number of aliphatic carboxylic acids is 1. The number of hydrogen-bond donors (Lipinski definition) is 3. The van der Waals surface area contributed by atoms with Gasteiger partial charge in [0.25, 0.3) is 0 Å². The van der Waals surface area contributed by atoms with E-state index in [9.17, 15) is 24.3 Å². The molecule has 176 valence electrons. The fourth-order valence-corrected chi connectivity index (χ4v) is 3.74. The van der Waals surface area contributed by atoms with Gasteiger partial charge in [-0.1, -0.05) is 20.3 Å². The molecule has 0 fully saturated rings. The molecule has 9 nitrogen and oxygen atoms in total. The van der Waals surface area contributed by atoms with Crippen LogP contribution in [0.4, 0.5) is 0 Å². The van der Waals surface area contributed by atoms with Gasteiger partial charge in [-0.15, -0.1) is 0 Å². The van der Waals surface area contributed by atoms with Crippen molar-refractivity contribution < 1.29 is 28.3 Å². The second-order valence-corrected chi connectivity index (χ2v) is 8.30. The minimum absolute atomic E-state index is 0.0227. The molecule has 0 saturated carbocycles. The Morgan fingerprint density at radius 1 is 1.09 bits per heavy atom. The van der Waals surface area contributed by atoms with Crippen LogP contribution in [-0.2, 0) is 20.8 Å². The van der Waals surface area contributed by atoms with E-state index in [2.05, 4.69) is 10.6 Å². The van der Waals surface area contributed by atoms with Gasteiger partial charge in [0.05, 0.1) is 12.8 Å². The number of carbonyl (C=O) groups is 3. The Balaban J connectivity index is 1.65. The van der Waals surface area contributed by atoms with Crippen LogP contribution in [0, 0.1) is 19.8 Å². The Kier molecular flexibility index (Phi) is 7.20. The average molecular weight is 456 g/mol. The van der Waals surface area contributed by atoms with Crippen molar-refractivity contribution in [2.45, 2.75) is 53.0 Å². The first-order valence-electron chi connectivity index (χ1n) is 10.8. The molecule has 3 rings (SSSR count). The number of aryl methyl sites for hydroxylation is 2. The van der Waals surface area contributed by atoms with E-state index in [1.807, 2.05) is 26.8 Å². The van der Waals surface area contributed by atoms with Crippen molar-refractivity contribution in [2.75, 3.05) is 6.54 Å². The average Bonchev–Trinajstić information content (AvgIpc) is 3.13. The third-order valence-corrected chi connectivity index (χ3v) is 6.02. The minimum Gasteiger partial charge on any atom is -0.480 e. The van der Waals surface area contributed by atoms with Crippen LogP contribution in [0.2, 0.25) is 0 Å². The molecule has 2 amide bonds. The Morgan fingerprint density at radius 2 is 1.82 bits per heavy atom. The molecular formula is C24H28N2O7. The number of furan rings is 1. The first-order chi connectivity index (χ1) is 15.6. The van der Waals surface area contributed by atoms with Crippen LogP contribution >= 0.6 is 0 Å². The first kappa shape index (κ1) is 24.0. The normalized spacial score (nSPS) is 13.1. The molecule has 1 aromatic carbocycles. The van der Waals surface area contributed by atoms with Crippen LogP contribution in [0.25, 0.3) is 21.9 Å². The number of hydrogen-bond acceptors (Lipinski definition) is 6. The van der Waals surface area contributed by atoms with E-state index in [0.717, 1.165) is 21.9 Å². The van der Waals surface area contributed by atoms with Crippen molar-refractivity contribution in [3.05, 3.63) is 45.5 Å². The van der Waals surface area contributed by atoms with Crippen LogP contribution in [0.5, 0.6) is 0 Å². The van der Waals surface area contributed by atoms with E-state index in [1.165, 1.54) is 0 Å². The molecule has 0 aliphatic heterocycles. The summed E-state index contributed by atoms with van der Waals surface area (Å²) in [6.45, 7) is 6.95. The summed E-state index contributed by atoms with van der Waals surface area (Å²) in [6, 6.07) is 2.58. The number of nitrogens with one attached hydrogen (secondary N) is 2. The molecule has 2 atom stereocenters. The van der Waals surface area contributed by atoms with Gasteiger partial charge in [-0.3, -0.25) is 9.59 Å². The lowest BCUT2D eigenvalue weighted by molar-refractivity contribution is -0.143. The van der Waals surface area contributed by atoms with Crippen LogP contribution in [0.15, 0.2) is 32.0 Å². The van der Waals surface area contributed by atoms with Gasteiger partial charge in [0.2, 0.25) is 11.8 Å². The molecule has 9 heteroatoms. The lowest BCUT2D eigenvalue weighted by atomic mass is 9.99. The predicted molar refractivity (Wildman–Crippen MR) is 122 cm³/mol. The third-order valence-electron chi connectivity index (χ3n) is 6.02. The van der Waals surface area contributed by atoms with Crippen LogP contribution in [0.1, 0.15) is 43.4 Å². The van der Waals surface area contributed by atoms with Gasteiger partial charge in [0.1, 0.15) is 17.2 Å². The highest BCUT2D eigenvalue weighted by molar-refractivity contribution is 5.96. The van der Waals surface area contributed by atoms with Gasteiger partial charge in [0, 0.05) is 28.8 Å². The molecular weight excluding hydrogens is 428 g/mol. The van der Waals surface area contributed by atoms with E-state index in [0.29, 0.717) is 23.2 Å². The van der Waals surface area contributed by atoms with Gasteiger partial charge < -0.3 is 24.6 Å². The Morgan fingerprint density at radius 3 is 2.48 bits per heavy atom. The second-order valence-electron chi connectivity index (χ2n) is 8.30. The molecule has 0 unspecified atom stereocenters. The molecule has 3 aromatic rings. The second kappa shape index (κ2) is 9.89. The molecule has 2 aromatic heterocycles. The van der Waals surface area contributed by atoms with Crippen LogP contribution < -0.4 is 16.3 Å². The zero-order chi connectivity index (χ0) is 24.3. The van der Waals surface area contributed by atoms with Gasteiger partial charge in [-0.25, -0.2) is 9.59 Å². The number of benzene rings is 1. The highest BCUT2D eigenvalue weighted by atomic mass is 16.4. The summed E-state index contributed by atoms with van der Waals surface area (Å²) in [6.07, 6.45) is 2.35. The van der Waals surface area contributed by atoms with E-state index >= 15 is 0 Å². The highest BCUT2D eigenvalue weighted by Gasteiger charge is 2.25. The number of carboxylic acid groups (broad SMARTS) is 1. The van der Waals surface area contributed by atoms with E-state index in [1.54, 1.807) is 19.3 Å². The molecule has 33 heavy (non-hydrogen) atoms. The zero-order valence-corrected chi connectivity index (χ0v) is 19.1. The van der Waals surface area contributed by atoms with Crippen molar-refractivity contribution in [2.24, 2.45) is 5.92 Å². The van der Waals surface area contributed by atoms with Crippen LogP contribution in [-0.4, -0.2) is 35.5 Å². The van der Waals surface area contributed by atoms with Crippen LogP contribution in [0.3, 0.4) is 0 Å². The predicted octanol–water partition coefficient (Wildman–Crippen LogP) is 2.82. The Bertz CT molecular complexity index is 1270. The SMILES string of the molecule is CC[C@H](C)[C@@H](NC(=O)CNC(=O)CCc1c(C)c2cc3c(C)coc3cc2oc1=O)C(=O)O. The van der Waals surface area contributed by atoms with E-state index in [4.69, 9.17) is 8.83 Å². The van der Waals surface area contributed by atoms with Gasteiger partial charge >= 0.3 is 11.6 Å².